The molecular formula is C17H15ClN4O. The monoisotopic (exact) mass is 326 g/mol. The van der Waals surface area contributed by atoms with Gasteiger partial charge in [-0.1, -0.05) is 41.9 Å². The Morgan fingerprint density at radius 2 is 1.83 bits per heavy atom. The topological polar surface area (TPSA) is 59.8 Å². The first kappa shape index (κ1) is 15.2. The molecule has 0 spiro atoms. The van der Waals surface area contributed by atoms with Gasteiger partial charge < -0.3 is 5.32 Å². The van der Waals surface area contributed by atoms with Crippen LogP contribution in [0, 0.1) is 0 Å². The Bertz CT molecular complexity index is 801. The van der Waals surface area contributed by atoms with Crippen LogP contribution >= 0.6 is 11.6 Å². The van der Waals surface area contributed by atoms with E-state index in [0.29, 0.717) is 23.6 Å². The van der Waals surface area contributed by atoms with Crippen molar-refractivity contribution in [3.8, 4) is 5.69 Å². The van der Waals surface area contributed by atoms with E-state index < -0.39 is 0 Å². The second-order valence-electron chi connectivity index (χ2n) is 4.95. The number of para-hydroxylation sites is 1. The minimum Gasteiger partial charge on any atom is -0.352 e. The number of hydrogen-bond acceptors (Lipinski definition) is 3. The van der Waals surface area contributed by atoms with Gasteiger partial charge in [-0.2, -0.15) is 15.0 Å². The lowest BCUT2D eigenvalue weighted by Crippen LogP contribution is -2.26. The Morgan fingerprint density at radius 1 is 1.09 bits per heavy atom. The van der Waals surface area contributed by atoms with Crippen LogP contribution in [-0.4, -0.2) is 27.4 Å². The summed E-state index contributed by atoms with van der Waals surface area (Å²) in [7, 11) is 0. The number of nitrogens with one attached hydrogen (secondary N) is 1. The lowest BCUT2D eigenvalue weighted by molar-refractivity contribution is 0.0954. The molecule has 23 heavy (non-hydrogen) atoms. The minimum atomic E-state index is -0.189. The van der Waals surface area contributed by atoms with Gasteiger partial charge in [-0.25, -0.2) is 0 Å². The van der Waals surface area contributed by atoms with Crippen molar-refractivity contribution < 1.29 is 4.79 Å². The molecule has 116 valence electrons. The van der Waals surface area contributed by atoms with Crippen molar-refractivity contribution in [2.45, 2.75) is 6.42 Å². The van der Waals surface area contributed by atoms with Crippen LogP contribution in [0.3, 0.4) is 0 Å². The Kier molecular flexibility index (Phi) is 4.68. The standard InChI is InChI=1S/C17H15ClN4O/c18-16-9-5-4-8-15(16)17(23)19-11-10-13-12-20-22(21-13)14-6-2-1-3-7-14/h1-9,12H,10-11H2,(H,19,23). The summed E-state index contributed by atoms with van der Waals surface area (Å²) >= 11 is 6.00. The zero-order chi connectivity index (χ0) is 16.1. The van der Waals surface area contributed by atoms with Crippen molar-refractivity contribution in [3.05, 3.63) is 77.1 Å². The van der Waals surface area contributed by atoms with Crippen LogP contribution in [-0.2, 0) is 6.42 Å². The summed E-state index contributed by atoms with van der Waals surface area (Å²) in [5.41, 5.74) is 2.19. The normalized spacial score (nSPS) is 10.5. The lowest BCUT2D eigenvalue weighted by Gasteiger charge is -2.05. The fourth-order valence-electron chi connectivity index (χ4n) is 2.14. The summed E-state index contributed by atoms with van der Waals surface area (Å²) in [5.74, 6) is -0.189. The van der Waals surface area contributed by atoms with E-state index in [1.165, 1.54) is 0 Å². The van der Waals surface area contributed by atoms with Crippen molar-refractivity contribution in [3.63, 3.8) is 0 Å². The number of carbonyl (C=O) groups is 1. The molecule has 1 heterocycles. The molecule has 6 heteroatoms. The van der Waals surface area contributed by atoms with Crippen LogP contribution in [0.5, 0.6) is 0 Å². The number of benzene rings is 2. The maximum absolute atomic E-state index is 12.0. The van der Waals surface area contributed by atoms with Gasteiger partial charge in [0.2, 0.25) is 0 Å². The second-order valence-corrected chi connectivity index (χ2v) is 5.35. The summed E-state index contributed by atoms with van der Waals surface area (Å²) in [6, 6.07) is 16.6. The molecule has 0 fully saturated rings. The van der Waals surface area contributed by atoms with Crippen LogP contribution in [0.1, 0.15) is 16.1 Å². The SMILES string of the molecule is O=C(NCCc1cnn(-c2ccccc2)n1)c1ccccc1Cl. The van der Waals surface area contributed by atoms with Crippen LogP contribution < -0.4 is 5.32 Å². The van der Waals surface area contributed by atoms with Crippen molar-refractivity contribution in [2.24, 2.45) is 0 Å². The molecule has 0 bridgehead atoms. The molecule has 3 rings (SSSR count). The predicted octanol–water partition coefficient (Wildman–Crippen LogP) is 2.89. The molecule has 1 aromatic heterocycles. The first-order valence-corrected chi connectivity index (χ1v) is 7.61. The Morgan fingerprint density at radius 3 is 2.61 bits per heavy atom. The van der Waals surface area contributed by atoms with Crippen LogP contribution in [0.4, 0.5) is 0 Å². The Hall–Kier alpha value is -2.66. The summed E-state index contributed by atoms with van der Waals surface area (Å²) in [6.45, 7) is 0.470. The quantitative estimate of drug-likeness (QED) is 0.784. The van der Waals surface area contributed by atoms with Crippen molar-refractivity contribution in [1.29, 1.82) is 0 Å². The van der Waals surface area contributed by atoms with Gasteiger partial charge in [-0.05, 0) is 24.3 Å². The minimum absolute atomic E-state index is 0.189. The third kappa shape index (κ3) is 3.76. The number of nitrogens with zero attached hydrogens (tertiary/aromatic N) is 3. The maximum atomic E-state index is 12.0. The number of aromatic nitrogens is 3. The number of rotatable bonds is 5. The molecule has 1 amide bonds. The summed E-state index contributed by atoms with van der Waals surface area (Å²) < 4.78 is 0. The number of halogens is 1. The molecule has 0 aliphatic carbocycles. The second kappa shape index (κ2) is 7.07. The average Bonchev–Trinajstić information content (AvgIpc) is 3.05. The molecule has 2 aromatic carbocycles. The molecule has 0 radical (unpaired) electrons. The molecule has 0 saturated carbocycles. The molecule has 0 unspecified atom stereocenters. The number of carbonyl (C=O) groups excluding carboxylic acids is 1. The van der Waals surface area contributed by atoms with Gasteiger partial charge in [0.05, 0.1) is 28.2 Å². The van der Waals surface area contributed by atoms with Gasteiger partial charge in [0.15, 0.2) is 0 Å². The zero-order valence-electron chi connectivity index (χ0n) is 12.3. The fourth-order valence-corrected chi connectivity index (χ4v) is 2.36. The summed E-state index contributed by atoms with van der Waals surface area (Å²) in [6.07, 6.45) is 2.30. The number of hydrogen-bond donors (Lipinski definition) is 1. The fraction of sp³-hybridized carbons (Fsp3) is 0.118. The highest BCUT2D eigenvalue weighted by Crippen LogP contribution is 2.14. The van der Waals surface area contributed by atoms with Crippen LogP contribution in [0.25, 0.3) is 5.69 Å². The van der Waals surface area contributed by atoms with Gasteiger partial charge in [-0.3, -0.25) is 4.79 Å². The van der Waals surface area contributed by atoms with Crippen molar-refractivity contribution in [2.75, 3.05) is 6.54 Å². The smallest absolute Gasteiger partial charge is 0.252 e. The van der Waals surface area contributed by atoms with Gasteiger partial charge in [0.25, 0.3) is 5.91 Å². The van der Waals surface area contributed by atoms with E-state index in [9.17, 15) is 4.79 Å². The average molecular weight is 327 g/mol. The molecule has 1 N–H and O–H groups in total. The molecule has 0 aliphatic rings. The van der Waals surface area contributed by atoms with Crippen LogP contribution in [0.15, 0.2) is 60.8 Å². The molecule has 0 aliphatic heterocycles. The highest BCUT2D eigenvalue weighted by atomic mass is 35.5. The van der Waals surface area contributed by atoms with Crippen molar-refractivity contribution in [1.82, 2.24) is 20.3 Å². The molecular weight excluding hydrogens is 312 g/mol. The van der Waals surface area contributed by atoms with E-state index in [-0.39, 0.29) is 5.91 Å². The maximum Gasteiger partial charge on any atom is 0.252 e. The van der Waals surface area contributed by atoms with Crippen molar-refractivity contribution >= 4 is 17.5 Å². The molecule has 5 nitrogen and oxygen atoms in total. The van der Waals surface area contributed by atoms with E-state index in [1.54, 1.807) is 35.3 Å². The third-order valence-corrected chi connectivity index (χ3v) is 3.64. The van der Waals surface area contributed by atoms with E-state index in [1.807, 2.05) is 30.3 Å². The van der Waals surface area contributed by atoms with Gasteiger partial charge in [0, 0.05) is 13.0 Å². The highest BCUT2D eigenvalue weighted by molar-refractivity contribution is 6.33. The van der Waals surface area contributed by atoms with E-state index in [4.69, 9.17) is 11.6 Å². The molecule has 3 aromatic rings. The van der Waals surface area contributed by atoms with Gasteiger partial charge in [-0.15, -0.1) is 0 Å². The van der Waals surface area contributed by atoms with E-state index >= 15 is 0 Å². The summed E-state index contributed by atoms with van der Waals surface area (Å²) in [4.78, 5) is 13.6. The number of amides is 1. The largest absolute Gasteiger partial charge is 0.352 e. The van der Waals surface area contributed by atoms with E-state index in [0.717, 1.165) is 11.4 Å². The molecule has 0 saturated heterocycles. The van der Waals surface area contributed by atoms with Crippen LogP contribution in [0.2, 0.25) is 5.02 Å². The zero-order valence-corrected chi connectivity index (χ0v) is 13.1. The first-order valence-electron chi connectivity index (χ1n) is 7.23. The van der Waals surface area contributed by atoms with E-state index in [2.05, 4.69) is 15.5 Å². The van der Waals surface area contributed by atoms with Gasteiger partial charge >= 0.3 is 0 Å². The Labute approximate surface area is 138 Å². The predicted molar refractivity (Wildman–Crippen MR) is 88.8 cm³/mol. The Balaban J connectivity index is 1.56. The highest BCUT2D eigenvalue weighted by Gasteiger charge is 2.09. The summed E-state index contributed by atoms with van der Waals surface area (Å²) in [5, 5.41) is 11.9. The first-order chi connectivity index (χ1) is 11.2. The third-order valence-electron chi connectivity index (χ3n) is 3.31. The molecule has 0 atom stereocenters. The van der Waals surface area contributed by atoms with Gasteiger partial charge in [0.1, 0.15) is 0 Å². The lowest BCUT2D eigenvalue weighted by atomic mass is 10.2.